The lowest BCUT2D eigenvalue weighted by atomic mass is 9.81. The van der Waals surface area contributed by atoms with E-state index in [1.54, 1.807) is 7.11 Å². The van der Waals surface area contributed by atoms with E-state index < -0.39 is 5.91 Å². The molecule has 140 valence electrons. The van der Waals surface area contributed by atoms with Crippen molar-refractivity contribution in [3.63, 3.8) is 0 Å². The van der Waals surface area contributed by atoms with Crippen LogP contribution < -0.4 is 20.5 Å². The van der Waals surface area contributed by atoms with Crippen molar-refractivity contribution < 1.29 is 14.3 Å². The average molecular weight is 369 g/mol. The molecular formula is C19H29ClN2O3. The van der Waals surface area contributed by atoms with Crippen LogP contribution in [0.4, 0.5) is 0 Å². The molecule has 0 aromatic heterocycles. The smallest absolute Gasteiger partial charge is 0.255 e. The molecule has 0 heterocycles. The number of nitrogens with two attached hydrogens (primary N) is 1. The molecule has 0 spiro atoms. The molecule has 1 saturated carbocycles. The highest BCUT2D eigenvalue weighted by Crippen LogP contribution is 2.36. The first-order chi connectivity index (χ1) is 12.0. The zero-order chi connectivity index (χ0) is 18.2. The van der Waals surface area contributed by atoms with Crippen LogP contribution in [0.3, 0.4) is 0 Å². The fourth-order valence-electron chi connectivity index (χ4n) is 3.42. The SMILES string of the molecule is CCC1CCC(CNCc2cc(Cl)c(OCC(N)=O)c(OC)c2)CC1. The molecule has 0 aliphatic heterocycles. The molecule has 25 heavy (non-hydrogen) atoms. The van der Waals surface area contributed by atoms with Crippen molar-refractivity contribution in [2.75, 3.05) is 20.3 Å². The monoisotopic (exact) mass is 368 g/mol. The average Bonchev–Trinajstić information content (AvgIpc) is 2.60. The molecule has 0 saturated heterocycles. The van der Waals surface area contributed by atoms with Crippen LogP contribution >= 0.6 is 11.6 Å². The van der Waals surface area contributed by atoms with E-state index in [4.69, 9.17) is 26.8 Å². The van der Waals surface area contributed by atoms with Gasteiger partial charge in [0.1, 0.15) is 0 Å². The summed E-state index contributed by atoms with van der Waals surface area (Å²) in [5.74, 6) is 1.99. The van der Waals surface area contributed by atoms with Crippen molar-refractivity contribution in [3.8, 4) is 11.5 Å². The van der Waals surface area contributed by atoms with Crippen molar-refractivity contribution >= 4 is 17.5 Å². The summed E-state index contributed by atoms with van der Waals surface area (Å²) >= 11 is 6.27. The molecule has 1 aromatic carbocycles. The van der Waals surface area contributed by atoms with E-state index in [9.17, 15) is 4.79 Å². The maximum atomic E-state index is 10.9. The van der Waals surface area contributed by atoms with E-state index >= 15 is 0 Å². The van der Waals surface area contributed by atoms with Gasteiger partial charge in [0.15, 0.2) is 18.1 Å². The van der Waals surface area contributed by atoms with Gasteiger partial charge in [0.2, 0.25) is 0 Å². The number of benzene rings is 1. The molecular weight excluding hydrogens is 340 g/mol. The number of rotatable bonds is 9. The zero-order valence-electron chi connectivity index (χ0n) is 15.1. The summed E-state index contributed by atoms with van der Waals surface area (Å²) in [4.78, 5) is 10.9. The molecule has 0 radical (unpaired) electrons. The Morgan fingerprint density at radius 1 is 1.28 bits per heavy atom. The van der Waals surface area contributed by atoms with E-state index in [-0.39, 0.29) is 6.61 Å². The molecule has 1 aliphatic carbocycles. The summed E-state index contributed by atoms with van der Waals surface area (Å²) in [5.41, 5.74) is 6.13. The Hall–Kier alpha value is -1.46. The van der Waals surface area contributed by atoms with Crippen molar-refractivity contribution in [1.29, 1.82) is 0 Å². The molecule has 3 N–H and O–H groups in total. The number of methoxy groups -OCH3 is 1. The number of hydrogen-bond acceptors (Lipinski definition) is 4. The minimum atomic E-state index is -0.554. The first-order valence-electron chi connectivity index (χ1n) is 9.01. The highest BCUT2D eigenvalue weighted by Gasteiger charge is 2.19. The Morgan fingerprint density at radius 2 is 1.96 bits per heavy atom. The summed E-state index contributed by atoms with van der Waals surface area (Å²) in [6, 6.07) is 3.71. The van der Waals surface area contributed by atoms with Gasteiger partial charge < -0.3 is 20.5 Å². The Bertz CT molecular complexity index is 572. The Morgan fingerprint density at radius 3 is 2.56 bits per heavy atom. The lowest BCUT2D eigenvalue weighted by molar-refractivity contribution is -0.119. The molecule has 5 nitrogen and oxygen atoms in total. The summed E-state index contributed by atoms with van der Waals surface area (Å²) in [6.45, 7) is 3.81. The number of primary amides is 1. The van der Waals surface area contributed by atoms with Crippen LogP contribution in [0.5, 0.6) is 11.5 Å². The third-order valence-corrected chi connectivity index (χ3v) is 5.23. The maximum Gasteiger partial charge on any atom is 0.255 e. The maximum absolute atomic E-state index is 10.9. The largest absolute Gasteiger partial charge is 0.493 e. The minimum absolute atomic E-state index is 0.228. The summed E-state index contributed by atoms with van der Waals surface area (Å²) in [7, 11) is 1.55. The van der Waals surface area contributed by atoms with Gasteiger partial charge in [-0.25, -0.2) is 0 Å². The van der Waals surface area contributed by atoms with E-state index in [0.29, 0.717) is 16.5 Å². The van der Waals surface area contributed by atoms with Gasteiger partial charge in [0.25, 0.3) is 5.91 Å². The number of ether oxygens (including phenoxy) is 2. The van der Waals surface area contributed by atoms with Crippen LogP contribution in [0.25, 0.3) is 0 Å². The summed E-state index contributed by atoms with van der Waals surface area (Å²) < 4.78 is 10.7. The Labute approximate surface area is 155 Å². The van der Waals surface area contributed by atoms with Gasteiger partial charge in [0, 0.05) is 6.54 Å². The van der Waals surface area contributed by atoms with Crippen LogP contribution in [0.15, 0.2) is 12.1 Å². The van der Waals surface area contributed by atoms with Crippen molar-refractivity contribution in [2.24, 2.45) is 17.6 Å². The van der Waals surface area contributed by atoms with Crippen molar-refractivity contribution in [2.45, 2.75) is 45.6 Å². The van der Waals surface area contributed by atoms with Gasteiger partial charge in [-0.05, 0) is 48.9 Å². The van der Waals surface area contributed by atoms with Gasteiger partial charge in [-0.1, -0.05) is 37.8 Å². The van der Waals surface area contributed by atoms with Gasteiger partial charge in [0.05, 0.1) is 12.1 Å². The van der Waals surface area contributed by atoms with Gasteiger partial charge in [-0.15, -0.1) is 0 Å². The summed E-state index contributed by atoms with van der Waals surface area (Å²) in [6.07, 6.45) is 6.65. The number of nitrogens with one attached hydrogen (secondary N) is 1. The van der Waals surface area contributed by atoms with Crippen molar-refractivity contribution in [3.05, 3.63) is 22.7 Å². The van der Waals surface area contributed by atoms with Gasteiger partial charge in [-0.2, -0.15) is 0 Å². The van der Waals surface area contributed by atoms with Crippen molar-refractivity contribution in [1.82, 2.24) is 5.32 Å². The molecule has 2 rings (SSSR count). The first-order valence-corrected chi connectivity index (χ1v) is 9.39. The van der Waals surface area contributed by atoms with Crippen LogP contribution in [0.1, 0.15) is 44.6 Å². The normalized spacial score (nSPS) is 20.3. The predicted octanol–water partition coefficient (Wildman–Crippen LogP) is 3.52. The number of carbonyl (C=O) groups is 1. The zero-order valence-corrected chi connectivity index (χ0v) is 15.9. The second-order valence-electron chi connectivity index (χ2n) is 6.79. The molecule has 0 atom stereocenters. The topological polar surface area (TPSA) is 73.6 Å². The van der Waals surface area contributed by atoms with Crippen LogP contribution in [-0.4, -0.2) is 26.2 Å². The lowest BCUT2D eigenvalue weighted by Gasteiger charge is -2.28. The molecule has 0 bridgehead atoms. The highest BCUT2D eigenvalue weighted by atomic mass is 35.5. The fourth-order valence-corrected chi connectivity index (χ4v) is 3.71. The molecule has 1 aliphatic rings. The summed E-state index contributed by atoms with van der Waals surface area (Å²) in [5, 5.41) is 3.94. The third-order valence-electron chi connectivity index (χ3n) is 4.95. The number of amides is 1. The van der Waals surface area contributed by atoms with E-state index in [1.807, 2.05) is 12.1 Å². The van der Waals surface area contributed by atoms with E-state index in [1.165, 1.54) is 32.1 Å². The van der Waals surface area contributed by atoms with E-state index in [2.05, 4.69) is 12.2 Å². The standard InChI is InChI=1S/C19H29ClN2O3/c1-3-13-4-6-14(7-5-13)10-22-11-15-8-16(20)19(17(9-15)24-2)25-12-18(21)23/h8-9,13-14,22H,3-7,10-12H2,1-2H3,(H2,21,23). The molecule has 1 aromatic rings. The molecule has 0 unspecified atom stereocenters. The molecule has 1 fully saturated rings. The predicted molar refractivity (Wildman–Crippen MR) is 100 cm³/mol. The number of hydrogen-bond donors (Lipinski definition) is 2. The fraction of sp³-hybridized carbons (Fsp3) is 0.632. The lowest BCUT2D eigenvalue weighted by Crippen LogP contribution is -2.26. The van der Waals surface area contributed by atoms with Gasteiger partial charge in [-0.3, -0.25) is 4.79 Å². The highest BCUT2D eigenvalue weighted by molar-refractivity contribution is 6.32. The van der Waals surface area contributed by atoms with Gasteiger partial charge >= 0.3 is 0 Å². The minimum Gasteiger partial charge on any atom is -0.493 e. The number of halogens is 1. The quantitative estimate of drug-likeness (QED) is 0.699. The van der Waals surface area contributed by atoms with Crippen LogP contribution in [-0.2, 0) is 11.3 Å². The first kappa shape index (κ1) is 19.9. The Balaban J connectivity index is 1.87. The second kappa shape index (κ2) is 9.88. The molecule has 6 heteroatoms. The van der Waals surface area contributed by atoms with Crippen LogP contribution in [0.2, 0.25) is 5.02 Å². The molecule has 1 amide bonds. The number of carbonyl (C=O) groups excluding carboxylic acids is 1. The Kier molecular flexibility index (Phi) is 7.85. The second-order valence-corrected chi connectivity index (χ2v) is 7.20. The third kappa shape index (κ3) is 6.08. The van der Waals surface area contributed by atoms with Crippen LogP contribution in [0, 0.1) is 11.8 Å². The van der Waals surface area contributed by atoms with E-state index in [0.717, 1.165) is 30.5 Å².